The Balaban J connectivity index is 2.33. The highest BCUT2D eigenvalue weighted by Gasteiger charge is 2.18. The summed E-state index contributed by atoms with van der Waals surface area (Å²) in [6, 6.07) is 4.86. The van der Waals surface area contributed by atoms with Gasteiger partial charge in [0.25, 0.3) is 5.91 Å². The van der Waals surface area contributed by atoms with Crippen LogP contribution in [-0.4, -0.2) is 26.5 Å². The largest absolute Gasteiger partial charge is 0.476 e. The Labute approximate surface area is 129 Å². The summed E-state index contributed by atoms with van der Waals surface area (Å²) < 4.78 is 2.59. The van der Waals surface area contributed by atoms with Crippen LogP contribution in [0.15, 0.2) is 35.1 Å². The maximum absolute atomic E-state index is 12.4. The van der Waals surface area contributed by atoms with Gasteiger partial charge in [-0.3, -0.25) is 4.79 Å². The Bertz CT molecular complexity index is 695. The maximum Gasteiger partial charge on any atom is 0.356 e. The molecule has 0 aromatic carbocycles. The molecule has 0 fully saturated rings. The highest BCUT2D eigenvalue weighted by atomic mass is 79.9. The Kier molecular flexibility index (Phi) is 4.42. The Morgan fingerprint density at radius 3 is 2.76 bits per heavy atom. The number of halogens is 1. The summed E-state index contributed by atoms with van der Waals surface area (Å²) in [4.78, 5) is 27.2. The third-order valence-electron chi connectivity index (χ3n) is 2.86. The van der Waals surface area contributed by atoms with E-state index in [-0.39, 0.29) is 23.3 Å². The van der Waals surface area contributed by atoms with Gasteiger partial charge in [-0.05, 0) is 48.0 Å². The second-order valence-electron chi connectivity index (χ2n) is 4.70. The number of carbonyl (C=O) groups excluding carboxylic acids is 1. The van der Waals surface area contributed by atoms with Crippen LogP contribution in [0.2, 0.25) is 0 Å². The molecule has 2 N–H and O–H groups in total. The summed E-state index contributed by atoms with van der Waals surface area (Å²) in [5.41, 5.74) is 0.423. The average molecular weight is 352 g/mol. The number of carboxylic acids is 1. The molecule has 0 aliphatic carbocycles. The van der Waals surface area contributed by atoms with Gasteiger partial charge in [0.1, 0.15) is 5.69 Å². The molecular formula is C14H14BrN3O3. The van der Waals surface area contributed by atoms with E-state index in [4.69, 9.17) is 5.11 Å². The number of aromatic nitrogens is 2. The molecule has 1 amide bonds. The molecule has 2 aromatic rings. The summed E-state index contributed by atoms with van der Waals surface area (Å²) in [6.45, 7) is 3.91. The van der Waals surface area contributed by atoms with Crippen LogP contribution < -0.4 is 5.32 Å². The molecule has 0 radical (unpaired) electrons. The highest BCUT2D eigenvalue weighted by Crippen LogP contribution is 2.21. The number of hydrogen-bond donors (Lipinski definition) is 2. The van der Waals surface area contributed by atoms with E-state index < -0.39 is 5.97 Å². The van der Waals surface area contributed by atoms with Crippen molar-refractivity contribution in [1.29, 1.82) is 0 Å². The third kappa shape index (κ3) is 3.30. The van der Waals surface area contributed by atoms with Gasteiger partial charge >= 0.3 is 5.97 Å². The topological polar surface area (TPSA) is 84.2 Å². The first kappa shape index (κ1) is 15.2. The fraction of sp³-hybridized carbons (Fsp3) is 0.214. The van der Waals surface area contributed by atoms with Gasteiger partial charge < -0.3 is 15.0 Å². The SMILES string of the molecule is CC(C)n1cc(Br)cc1C(=O)Nc1cccnc1C(=O)O. The number of rotatable bonds is 4. The number of hydrogen-bond acceptors (Lipinski definition) is 3. The van der Waals surface area contributed by atoms with Crippen LogP contribution in [0.1, 0.15) is 40.9 Å². The Hall–Kier alpha value is -2.15. The zero-order valence-corrected chi connectivity index (χ0v) is 13.1. The van der Waals surface area contributed by atoms with Gasteiger partial charge in [-0.25, -0.2) is 9.78 Å². The summed E-state index contributed by atoms with van der Waals surface area (Å²) in [5, 5.41) is 11.7. The number of carboxylic acid groups (broad SMARTS) is 1. The van der Waals surface area contributed by atoms with Crippen molar-refractivity contribution in [3.63, 3.8) is 0 Å². The van der Waals surface area contributed by atoms with E-state index in [1.807, 2.05) is 13.8 Å². The van der Waals surface area contributed by atoms with Crippen LogP contribution in [0.5, 0.6) is 0 Å². The van der Waals surface area contributed by atoms with E-state index in [1.54, 1.807) is 22.9 Å². The first-order chi connectivity index (χ1) is 9.90. The van der Waals surface area contributed by atoms with E-state index in [0.29, 0.717) is 5.69 Å². The fourth-order valence-corrected chi connectivity index (χ4v) is 2.36. The van der Waals surface area contributed by atoms with Gasteiger partial charge in [-0.2, -0.15) is 0 Å². The van der Waals surface area contributed by atoms with Crippen molar-refractivity contribution < 1.29 is 14.7 Å². The van der Waals surface area contributed by atoms with E-state index in [0.717, 1.165) is 4.47 Å². The molecule has 2 heterocycles. The van der Waals surface area contributed by atoms with Crippen molar-refractivity contribution in [1.82, 2.24) is 9.55 Å². The minimum Gasteiger partial charge on any atom is -0.476 e. The van der Waals surface area contributed by atoms with Crippen LogP contribution >= 0.6 is 15.9 Å². The minimum absolute atomic E-state index is 0.102. The zero-order chi connectivity index (χ0) is 15.6. The van der Waals surface area contributed by atoms with E-state index in [9.17, 15) is 9.59 Å². The molecule has 0 saturated carbocycles. The smallest absolute Gasteiger partial charge is 0.356 e. The van der Waals surface area contributed by atoms with Gasteiger partial charge in [-0.1, -0.05) is 0 Å². The molecule has 0 unspecified atom stereocenters. The van der Waals surface area contributed by atoms with Crippen LogP contribution in [0.25, 0.3) is 0 Å². The molecule has 2 rings (SSSR count). The summed E-state index contributed by atoms with van der Waals surface area (Å²) in [7, 11) is 0. The summed E-state index contributed by atoms with van der Waals surface area (Å²) >= 11 is 3.34. The van der Waals surface area contributed by atoms with Gasteiger partial charge in [0.15, 0.2) is 5.69 Å². The van der Waals surface area contributed by atoms with Gasteiger partial charge in [0.05, 0.1) is 5.69 Å². The molecule has 2 aromatic heterocycles. The fourth-order valence-electron chi connectivity index (χ4n) is 1.92. The molecule has 110 valence electrons. The second kappa shape index (κ2) is 6.09. The first-order valence-electron chi connectivity index (χ1n) is 6.27. The maximum atomic E-state index is 12.4. The summed E-state index contributed by atoms with van der Waals surface area (Å²) in [6.07, 6.45) is 3.17. The second-order valence-corrected chi connectivity index (χ2v) is 5.62. The first-order valence-corrected chi connectivity index (χ1v) is 7.06. The Morgan fingerprint density at radius 1 is 1.43 bits per heavy atom. The van der Waals surface area contributed by atoms with Crippen LogP contribution in [-0.2, 0) is 0 Å². The number of nitrogens with one attached hydrogen (secondary N) is 1. The molecule has 21 heavy (non-hydrogen) atoms. The molecule has 0 aliphatic rings. The monoisotopic (exact) mass is 351 g/mol. The predicted octanol–water partition coefficient (Wildman–Crippen LogP) is 3.18. The average Bonchev–Trinajstić information content (AvgIpc) is 2.81. The Morgan fingerprint density at radius 2 is 2.14 bits per heavy atom. The molecular weight excluding hydrogens is 338 g/mol. The van der Waals surface area contributed by atoms with Crippen LogP contribution in [0.4, 0.5) is 5.69 Å². The summed E-state index contributed by atoms with van der Waals surface area (Å²) in [5.74, 6) is -1.57. The van der Waals surface area contributed by atoms with E-state index >= 15 is 0 Å². The number of amides is 1. The number of nitrogens with zero attached hydrogens (tertiary/aromatic N) is 2. The van der Waals surface area contributed by atoms with Crippen molar-refractivity contribution in [3.8, 4) is 0 Å². The molecule has 6 nitrogen and oxygen atoms in total. The quantitative estimate of drug-likeness (QED) is 0.885. The van der Waals surface area contributed by atoms with Gasteiger partial charge in [0.2, 0.25) is 0 Å². The normalized spacial score (nSPS) is 10.7. The molecule has 0 bridgehead atoms. The number of anilines is 1. The van der Waals surface area contributed by atoms with Crippen molar-refractivity contribution in [3.05, 3.63) is 46.5 Å². The van der Waals surface area contributed by atoms with Gasteiger partial charge in [0, 0.05) is 22.9 Å². The third-order valence-corrected chi connectivity index (χ3v) is 3.30. The van der Waals surface area contributed by atoms with Crippen molar-refractivity contribution in [2.24, 2.45) is 0 Å². The number of pyridine rings is 1. The van der Waals surface area contributed by atoms with E-state index in [2.05, 4.69) is 26.2 Å². The number of carbonyl (C=O) groups is 2. The lowest BCUT2D eigenvalue weighted by Gasteiger charge is -2.13. The van der Waals surface area contributed by atoms with Crippen LogP contribution in [0.3, 0.4) is 0 Å². The lowest BCUT2D eigenvalue weighted by molar-refractivity contribution is 0.0691. The van der Waals surface area contributed by atoms with Crippen molar-refractivity contribution in [2.75, 3.05) is 5.32 Å². The van der Waals surface area contributed by atoms with Gasteiger partial charge in [-0.15, -0.1) is 0 Å². The lowest BCUT2D eigenvalue weighted by atomic mass is 10.2. The standard InChI is InChI=1S/C14H14BrN3O3/c1-8(2)18-7-9(15)6-11(18)13(19)17-10-4-3-5-16-12(10)14(20)21/h3-8H,1-2H3,(H,17,19)(H,20,21). The minimum atomic E-state index is -1.19. The molecule has 0 aliphatic heterocycles. The van der Waals surface area contributed by atoms with E-state index in [1.165, 1.54) is 12.3 Å². The lowest BCUT2D eigenvalue weighted by Crippen LogP contribution is -2.19. The van der Waals surface area contributed by atoms with Crippen molar-refractivity contribution in [2.45, 2.75) is 19.9 Å². The number of aromatic carboxylic acids is 1. The predicted molar refractivity (Wildman–Crippen MR) is 81.7 cm³/mol. The molecule has 0 spiro atoms. The molecule has 0 saturated heterocycles. The van der Waals surface area contributed by atoms with Crippen molar-refractivity contribution >= 4 is 33.5 Å². The zero-order valence-electron chi connectivity index (χ0n) is 11.5. The molecule has 0 atom stereocenters. The highest BCUT2D eigenvalue weighted by molar-refractivity contribution is 9.10. The van der Waals surface area contributed by atoms with Crippen LogP contribution in [0, 0.1) is 0 Å². The molecule has 7 heteroatoms.